The highest BCUT2D eigenvalue weighted by Crippen LogP contribution is 2.27. The number of aromatic amines is 1. The lowest BCUT2D eigenvalue weighted by molar-refractivity contribution is -0.120. The number of nitrogens with zero attached hydrogens (tertiary/aromatic N) is 2. The number of amides is 1. The van der Waals surface area contributed by atoms with Gasteiger partial charge in [-0.15, -0.1) is 0 Å². The van der Waals surface area contributed by atoms with Crippen LogP contribution in [0.5, 0.6) is 5.75 Å². The van der Waals surface area contributed by atoms with E-state index in [1.165, 1.54) is 4.31 Å². The molecule has 28 heavy (non-hydrogen) atoms. The van der Waals surface area contributed by atoms with Gasteiger partial charge in [-0.25, -0.2) is 8.42 Å². The molecular weight excluding hydrogens is 380 g/mol. The Kier molecular flexibility index (Phi) is 6.04. The lowest BCUT2D eigenvalue weighted by atomic mass is 9.99. The molecule has 0 aliphatic carbocycles. The summed E-state index contributed by atoms with van der Waals surface area (Å²) in [6.07, 6.45) is 1.29. The van der Waals surface area contributed by atoms with E-state index in [9.17, 15) is 13.2 Å². The molecule has 1 atom stereocenters. The maximum Gasteiger partial charge on any atom is 0.246 e. The van der Waals surface area contributed by atoms with Crippen molar-refractivity contribution in [3.05, 3.63) is 35.7 Å². The van der Waals surface area contributed by atoms with Gasteiger partial charge in [0.05, 0.1) is 23.9 Å². The third kappa shape index (κ3) is 4.20. The van der Waals surface area contributed by atoms with Crippen molar-refractivity contribution in [1.82, 2.24) is 14.5 Å². The molecule has 0 spiro atoms. The van der Waals surface area contributed by atoms with Crippen LogP contribution in [0, 0.1) is 19.8 Å². The average molecular weight is 407 g/mol. The number of H-pyrrole nitrogens is 1. The fourth-order valence-electron chi connectivity index (χ4n) is 3.47. The predicted octanol–water partition coefficient (Wildman–Crippen LogP) is 2.46. The Balaban J connectivity index is 1.69. The van der Waals surface area contributed by atoms with Gasteiger partial charge in [0.2, 0.25) is 15.9 Å². The quantitative estimate of drug-likeness (QED) is 0.767. The van der Waals surface area contributed by atoms with Crippen LogP contribution in [0.15, 0.2) is 29.2 Å². The van der Waals surface area contributed by atoms with E-state index in [1.807, 2.05) is 6.92 Å². The summed E-state index contributed by atoms with van der Waals surface area (Å²) in [5.41, 5.74) is 1.62. The summed E-state index contributed by atoms with van der Waals surface area (Å²) in [4.78, 5) is 12.9. The second-order valence-electron chi connectivity index (χ2n) is 6.91. The van der Waals surface area contributed by atoms with Gasteiger partial charge in [0.1, 0.15) is 10.6 Å². The van der Waals surface area contributed by atoms with Crippen molar-refractivity contribution in [2.75, 3.05) is 25.0 Å². The fourth-order valence-corrected chi connectivity index (χ4v) is 5.33. The molecular formula is C19H26N4O4S. The molecule has 0 saturated carbocycles. The van der Waals surface area contributed by atoms with Gasteiger partial charge >= 0.3 is 0 Å². The SMILES string of the molecule is CCOc1ccc(NC(=O)[C@H]2CCCN(S(=O)(=O)c3c(C)n[nH]c3C)C2)cc1. The van der Waals surface area contributed by atoms with Crippen molar-refractivity contribution in [2.45, 2.75) is 38.5 Å². The van der Waals surface area contributed by atoms with Crippen LogP contribution >= 0.6 is 0 Å². The number of anilines is 1. The number of rotatable bonds is 6. The number of nitrogens with one attached hydrogen (secondary N) is 2. The molecule has 152 valence electrons. The number of hydrogen-bond acceptors (Lipinski definition) is 5. The van der Waals surface area contributed by atoms with Crippen LogP contribution in [0.2, 0.25) is 0 Å². The summed E-state index contributed by atoms with van der Waals surface area (Å²) in [5.74, 6) is 0.161. The minimum atomic E-state index is -3.69. The molecule has 1 aromatic carbocycles. The van der Waals surface area contributed by atoms with Crippen molar-refractivity contribution >= 4 is 21.6 Å². The standard InChI is InChI=1S/C19H26N4O4S/c1-4-27-17-9-7-16(8-10-17)20-19(24)15-6-5-11-23(12-15)28(25,26)18-13(2)21-22-14(18)3/h7-10,15H,4-6,11-12H2,1-3H3,(H,20,24)(H,21,22)/t15-/m0/s1. The number of piperidine rings is 1. The van der Waals surface area contributed by atoms with Gasteiger partial charge in [0.25, 0.3) is 0 Å². The van der Waals surface area contributed by atoms with Crippen molar-refractivity contribution in [2.24, 2.45) is 5.92 Å². The van der Waals surface area contributed by atoms with Crippen LogP contribution < -0.4 is 10.1 Å². The number of aromatic nitrogens is 2. The number of sulfonamides is 1. The molecule has 2 heterocycles. The number of carbonyl (C=O) groups is 1. The van der Waals surface area contributed by atoms with Gasteiger partial charge in [-0.3, -0.25) is 9.89 Å². The molecule has 1 saturated heterocycles. The highest BCUT2D eigenvalue weighted by atomic mass is 32.2. The summed E-state index contributed by atoms with van der Waals surface area (Å²) in [6, 6.07) is 7.14. The summed E-state index contributed by atoms with van der Waals surface area (Å²) in [7, 11) is -3.69. The summed E-state index contributed by atoms with van der Waals surface area (Å²) >= 11 is 0. The lowest BCUT2D eigenvalue weighted by Gasteiger charge is -2.31. The Labute approximate surface area is 165 Å². The van der Waals surface area contributed by atoms with Gasteiger partial charge in [0.15, 0.2) is 0 Å². The molecule has 0 unspecified atom stereocenters. The first-order valence-electron chi connectivity index (χ1n) is 9.38. The predicted molar refractivity (Wildman–Crippen MR) is 106 cm³/mol. The molecule has 1 fully saturated rings. The number of ether oxygens (including phenoxy) is 1. The molecule has 2 aromatic rings. The molecule has 3 rings (SSSR count). The highest BCUT2D eigenvalue weighted by molar-refractivity contribution is 7.89. The van der Waals surface area contributed by atoms with E-state index in [0.29, 0.717) is 43.1 Å². The van der Waals surface area contributed by atoms with Gasteiger partial charge in [-0.05, 0) is 57.9 Å². The monoisotopic (exact) mass is 406 g/mol. The van der Waals surface area contributed by atoms with Gasteiger partial charge in [-0.1, -0.05) is 0 Å². The van der Waals surface area contributed by atoms with Crippen LogP contribution in [0.25, 0.3) is 0 Å². The molecule has 1 amide bonds. The maximum absolute atomic E-state index is 13.0. The first kappa shape index (κ1) is 20.3. The summed E-state index contributed by atoms with van der Waals surface area (Å²) < 4.78 is 32.9. The van der Waals surface area contributed by atoms with E-state index < -0.39 is 15.9 Å². The zero-order valence-corrected chi connectivity index (χ0v) is 17.2. The third-order valence-electron chi connectivity index (χ3n) is 4.85. The molecule has 0 radical (unpaired) electrons. The largest absolute Gasteiger partial charge is 0.494 e. The minimum Gasteiger partial charge on any atom is -0.494 e. The molecule has 1 aliphatic rings. The van der Waals surface area contributed by atoms with Gasteiger partial charge < -0.3 is 10.1 Å². The van der Waals surface area contributed by atoms with Gasteiger partial charge in [0, 0.05) is 18.8 Å². The number of hydrogen-bond donors (Lipinski definition) is 2. The minimum absolute atomic E-state index is 0.162. The first-order chi connectivity index (χ1) is 13.3. The number of carbonyl (C=O) groups excluding carboxylic acids is 1. The Morgan fingerprint density at radius 1 is 1.32 bits per heavy atom. The average Bonchev–Trinajstić information content (AvgIpc) is 3.02. The van der Waals surface area contributed by atoms with Gasteiger partial charge in [-0.2, -0.15) is 9.40 Å². The third-order valence-corrected chi connectivity index (χ3v) is 6.98. The normalized spacial score (nSPS) is 18.0. The molecule has 2 N–H and O–H groups in total. The second-order valence-corrected chi connectivity index (χ2v) is 8.79. The summed E-state index contributed by atoms with van der Waals surface area (Å²) in [6.45, 7) is 6.40. The molecule has 8 nitrogen and oxygen atoms in total. The van der Waals surface area contributed by atoms with Crippen LogP contribution in [-0.4, -0.2) is 48.5 Å². The van der Waals surface area contributed by atoms with E-state index in [0.717, 1.165) is 5.75 Å². The molecule has 1 aliphatic heterocycles. The Morgan fingerprint density at radius 2 is 2.04 bits per heavy atom. The van der Waals surface area contributed by atoms with Crippen molar-refractivity contribution < 1.29 is 17.9 Å². The Hall–Kier alpha value is -2.39. The van der Waals surface area contributed by atoms with Crippen molar-refractivity contribution in [3.8, 4) is 5.75 Å². The van der Waals surface area contributed by atoms with Crippen molar-refractivity contribution in [3.63, 3.8) is 0 Å². The molecule has 0 bridgehead atoms. The molecule has 9 heteroatoms. The highest BCUT2D eigenvalue weighted by Gasteiger charge is 2.35. The Morgan fingerprint density at radius 3 is 2.64 bits per heavy atom. The van der Waals surface area contributed by atoms with Crippen molar-refractivity contribution in [1.29, 1.82) is 0 Å². The zero-order valence-electron chi connectivity index (χ0n) is 16.4. The zero-order chi connectivity index (χ0) is 20.3. The fraction of sp³-hybridized carbons (Fsp3) is 0.474. The topological polar surface area (TPSA) is 104 Å². The van der Waals surface area contributed by atoms with Crippen LogP contribution in [-0.2, 0) is 14.8 Å². The van der Waals surface area contributed by atoms with E-state index in [4.69, 9.17) is 4.74 Å². The maximum atomic E-state index is 13.0. The van der Waals surface area contributed by atoms with E-state index >= 15 is 0 Å². The number of benzene rings is 1. The van der Waals surface area contributed by atoms with Crippen LogP contribution in [0.4, 0.5) is 5.69 Å². The first-order valence-corrected chi connectivity index (χ1v) is 10.8. The van der Waals surface area contributed by atoms with E-state index in [1.54, 1.807) is 38.1 Å². The molecule has 1 aromatic heterocycles. The van der Waals surface area contributed by atoms with Crippen LogP contribution in [0.3, 0.4) is 0 Å². The summed E-state index contributed by atoms with van der Waals surface area (Å²) in [5, 5.41) is 9.58. The number of aryl methyl sites for hydroxylation is 2. The van der Waals surface area contributed by atoms with E-state index in [-0.39, 0.29) is 17.3 Å². The van der Waals surface area contributed by atoms with Crippen LogP contribution in [0.1, 0.15) is 31.2 Å². The second kappa shape index (κ2) is 8.32. The smallest absolute Gasteiger partial charge is 0.246 e. The van der Waals surface area contributed by atoms with E-state index in [2.05, 4.69) is 15.5 Å². The lowest BCUT2D eigenvalue weighted by Crippen LogP contribution is -2.43. The Bertz CT molecular complexity index is 918.